The zero-order valence-electron chi connectivity index (χ0n) is 11.9. The molecule has 0 atom stereocenters. The fourth-order valence-electron chi connectivity index (χ4n) is 1.55. The Morgan fingerprint density at radius 2 is 1.18 bits per heavy atom. The third-order valence-corrected chi connectivity index (χ3v) is 2.41. The molecule has 4 heteroatoms. The van der Waals surface area contributed by atoms with Crippen molar-refractivity contribution >= 4 is 12.1 Å². The van der Waals surface area contributed by atoms with E-state index >= 15 is 0 Å². The van der Waals surface area contributed by atoms with Crippen molar-refractivity contribution in [2.75, 3.05) is 0 Å². The minimum atomic E-state index is -0.602. The Labute approximate surface area is 130 Å². The van der Waals surface area contributed by atoms with E-state index in [1.807, 2.05) is 0 Å². The quantitative estimate of drug-likeness (QED) is 0.741. The smallest absolute Gasteiger partial charge is 0.373 e. The summed E-state index contributed by atoms with van der Waals surface area (Å²) >= 11 is 0. The molecule has 0 heterocycles. The molecule has 22 heavy (non-hydrogen) atoms. The Morgan fingerprint density at radius 1 is 0.818 bits per heavy atom. The molecule has 0 aromatic rings. The van der Waals surface area contributed by atoms with Gasteiger partial charge in [-0.3, -0.25) is 4.79 Å². The maximum atomic E-state index is 10.4. The number of carbonyl (C=O) groups is 1. The maximum Gasteiger partial charge on any atom is 0.373 e. The Kier molecular flexibility index (Phi) is 16.8. The third-order valence-electron chi connectivity index (χ3n) is 2.41. The molecule has 1 aliphatic carbocycles. The van der Waals surface area contributed by atoms with Crippen LogP contribution in [0.1, 0.15) is 32.1 Å². The summed E-state index contributed by atoms with van der Waals surface area (Å²) in [5.74, 6) is 17.7. The summed E-state index contributed by atoms with van der Waals surface area (Å²) in [6.45, 7) is 0. The van der Waals surface area contributed by atoms with Crippen LogP contribution in [0, 0.1) is 66.1 Å². The SMILES string of the molecule is C#CC#CC#CC#CC#C.O=C(O)C1CCCCC1.O=C=O. The van der Waals surface area contributed by atoms with Gasteiger partial charge in [0.1, 0.15) is 0 Å². The summed E-state index contributed by atoms with van der Waals surface area (Å²) in [6.07, 6.45) is 15.1. The molecule has 0 saturated heterocycles. The van der Waals surface area contributed by atoms with Crippen LogP contribution in [0.2, 0.25) is 0 Å². The van der Waals surface area contributed by atoms with Gasteiger partial charge >= 0.3 is 12.1 Å². The van der Waals surface area contributed by atoms with Crippen molar-refractivity contribution in [1.29, 1.82) is 0 Å². The zero-order valence-corrected chi connectivity index (χ0v) is 11.9. The fourth-order valence-corrected chi connectivity index (χ4v) is 1.55. The minimum absolute atomic E-state index is 0.0289. The predicted molar refractivity (Wildman–Crippen MR) is 80.2 cm³/mol. The number of hydrogen-bond acceptors (Lipinski definition) is 3. The molecule has 0 aromatic heterocycles. The molecule has 1 N–H and O–H groups in total. The molecule has 0 spiro atoms. The van der Waals surface area contributed by atoms with Crippen LogP contribution >= 0.6 is 0 Å². The molecule has 0 radical (unpaired) electrons. The first-order valence-electron chi connectivity index (χ1n) is 6.27. The lowest BCUT2D eigenvalue weighted by Crippen LogP contribution is -2.16. The van der Waals surface area contributed by atoms with E-state index < -0.39 is 5.97 Å². The largest absolute Gasteiger partial charge is 0.481 e. The second-order valence-corrected chi connectivity index (χ2v) is 3.80. The van der Waals surface area contributed by atoms with Crippen LogP contribution in [-0.4, -0.2) is 17.2 Å². The lowest BCUT2D eigenvalue weighted by atomic mass is 9.90. The summed E-state index contributed by atoms with van der Waals surface area (Å²) in [4.78, 5) is 26.6. The first kappa shape index (κ1) is 21.0. The summed E-state index contributed by atoms with van der Waals surface area (Å²) in [5, 5.41) is 8.54. The van der Waals surface area contributed by atoms with Crippen molar-refractivity contribution in [1.82, 2.24) is 0 Å². The second-order valence-electron chi connectivity index (χ2n) is 3.80. The first-order chi connectivity index (χ1) is 10.6. The van der Waals surface area contributed by atoms with Gasteiger partial charge in [-0.05, 0) is 60.2 Å². The molecule has 0 aliphatic heterocycles. The van der Waals surface area contributed by atoms with Crippen LogP contribution in [0.4, 0.5) is 0 Å². The topological polar surface area (TPSA) is 71.4 Å². The number of hydrogen-bond donors (Lipinski definition) is 1. The zero-order chi connectivity index (χ0) is 17.1. The average molecular weight is 294 g/mol. The highest BCUT2D eigenvalue weighted by atomic mass is 16.4. The molecule has 0 bridgehead atoms. The minimum Gasteiger partial charge on any atom is -0.481 e. The van der Waals surface area contributed by atoms with Gasteiger partial charge in [-0.1, -0.05) is 19.3 Å². The summed E-state index contributed by atoms with van der Waals surface area (Å²) in [7, 11) is 0. The van der Waals surface area contributed by atoms with Crippen LogP contribution in [-0.2, 0) is 14.4 Å². The van der Waals surface area contributed by atoms with Gasteiger partial charge in [0.05, 0.1) is 5.92 Å². The highest BCUT2D eigenvalue weighted by Gasteiger charge is 2.19. The summed E-state index contributed by atoms with van der Waals surface area (Å²) < 4.78 is 0. The number of terminal acetylenes is 2. The Balaban J connectivity index is 0. The van der Waals surface area contributed by atoms with Crippen LogP contribution in [0.3, 0.4) is 0 Å². The number of carboxylic acid groups (broad SMARTS) is 1. The predicted octanol–water partition coefficient (Wildman–Crippen LogP) is 1.33. The van der Waals surface area contributed by atoms with E-state index in [4.69, 9.17) is 27.5 Å². The van der Waals surface area contributed by atoms with Gasteiger partial charge in [0.2, 0.25) is 0 Å². The highest BCUT2D eigenvalue weighted by molar-refractivity contribution is 5.69. The molecule has 110 valence electrons. The maximum absolute atomic E-state index is 10.4. The highest BCUT2D eigenvalue weighted by Crippen LogP contribution is 2.23. The van der Waals surface area contributed by atoms with Gasteiger partial charge in [0, 0.05) is 0 Å². The molecule has 0 unspecified atom stereocenters. The van der Waals surface area contributed by atoms with Crippen molar-refractivity contribution in [3.63, 3.8) is 0 Å². The van der Waals surface area contributed by atoms with E-state index in [1.54, 1.807) is 0 Å². The third kappa shape index (κ3) is 16.6. The molecule has 1 rings (SSSR count). The monoisotopic (exact) mass is 294 g/mol. The molecule has 1 aliphatic rings. The van der Waals surface area contributed by atoms with E-state index in [-0.39, 0.29) is 12.1 Å². The second kappa shape index (κ2) is 17.6. The van der Waals surface area contributed by atoms with Gasteiger partial charge in [-0.25, -0.2) is 0 Å². The first-order valence-corrected chi connectivity index (χ1v) is 6.27. The Hall–Kier alpha value is -3.35. The van der Waals surface area contributed by atoms with Crippen LogP contribution in [0.25, 0.3) is 0 Å². The van der Waals surface area contributed by atoms with Gasteiger partial charge in [-0.2, -0.15) is 9.59 Å². The molecule has 0 aromatic carbocycles. The molecule has 1 saturated carbocycles. The van der Waals surface area contributed by atoms with Crippen molar-refractivity contribution in [2.45, 2.75) is 32.1 Å². The van der Waals surface area contributed by atoms with Crippen LogP contribution < -0.4 is 0 Å². The van der Waals surface area contributed by atoms with Crippen LogP contribution in [0.5, 0.6) is 0 Å². The van der Waals surface area contributed by atoms with Crippen molar-refractivity contribution in [2.24, 2.45) is 5.92 Å². The lowest BCUT2D eigenvalue weighted by molar-refractivity contribution is -0.191. The van der Waals surface area contributed by atoms with Gasteiger partial charge in [0.25, 0.3) is 0 Å². The summed E-state index contributed by atoms with van der Waals surface area (Å²) in [6, 6.07) is 0. The average Bonchev–Trinajstić information content (AvgIpc) is 2.53. The Morgan fingerprint density at radius 3 is 1.45 bits per heavy atom. The van der Waals surface area contributed by atoms with Crippen molar-refractivity contribution in [3.8, 4) is 60.2 Å². The number of carboxylic acids is 1. The van der Waals surface area contributed by atoms with Crippen molar-refractivity contribution < 1.29 is 19.5 Å². The standard InChI is InChI=1S/C10H2.C7H12O2.CO2/c1-3-5-7-9-10-8-6-4-2;8-7(9)6-4-2-1-3-5-6;2-1-3/h1-2H;6H,1-5H2,(H,8,9);. The number of carbonyl (C=O) groups excluding carboxylic acids is 2. The van der Waals surface area contributed by atoms with E-state index in [9.17, 15) is 4.79 Å². The molecule has 4 nitrogen and oxygen atoms in total. The van der Waals surface area contributed by atoms with Crippen LogP contribution in [0.15, 0.2) is 0 Å². The van der Waals surface area contributed by atoms with E-state index in [1.165, 1.54) is 6.42 Å². The lowest BCUT2D eigenvalue weighted by Gasteiger charge is -2.16. The number of rotatable bonds is 1. The van der Waals surface area contributed by atoms with Gasteiger partial charge < -0.3 is 5.11 Å². The molecule has 0 amide bonds. The molecular weight excluding hydrogens is 280 g/mol. The van der Waals surface area contributed by atoms with E-state index in [2.05, 4.69) is 47.4 Å². The van der Waals surface area contributed by atoms with Gasteiger partial charge in [0.15, 0.2) is 0 Å². The fraction of sp³-hybridized carbons (Fsp3) is 0.333. The normalized spacial score (nSPS) is 10.8. The van der Waals surface area contributed by atoms with Gasteiger partial charge in [-0.15, -0.1) is 12.8 Å². The molecular formula is C18H14O4. The van der Waals surface area contributed by atoms with E-state index in [0.717, 1.165) is 25.7 Å². The molecule has 1 fully saturated rings. The van der Waals surface area contributed by atoms with Crippen molar-refractivity contribution in [3.05, 3.63) is 0 Å². The van der Waals surface area contributed by atoms with E-state index in [0.29, 0.717) is 0 Å². The number of aliphatic carboxylic acids is 1. The summed E-state index contributed by atoms with van der Waals surface area (Å²) in [5.41, 5.74) is 0. The Bertz CT molecular complexity index is 591.